The summed E-state index contributed by atoms with van der Waals surface area (Å²) in [6.07, 6.45) is 3.42. The van der Waals surface area contributed by atoms with E-state index in [0.29, 0.717) is 60.1 Å². The van der Waals surface area contributed by atoms with Crippen molar-refractivity contribution >= 4 is 11.8 Å². The maximum absolute atomic E-state index is 13.6. The molecule has 0 aromatic heterocycles. The van der Waals surface area contributed by atoms with Gasteiger partial charge < -0.3 is 19.7 Å². The number of hydrogen-bond acceptors (Lipinski definition) is 4. The van der Waals surface area contributed by atoms with Crippen LogP contribution in [-0.4, -0.2) is 49.1 Å². The average molecular weight is 457 g/mol. The third-order valence-corrected chi connectivity index (χ3v) is 7.24. The summed E-state index contributed by atoms with van der Waals surface area (Å²) in [7, 11) is 0. The molecule has 2 amide bonds. The lowest BCUT2D eigenvalue weighted by Crippen LogP contribution is -2.45. The number of nitrogens with zero attached hydrogens (tertiary/aromatic N) is 1. The molecule has 2 heterocycles. The number of likely N-dealkylation sites (tertiary alicyclic amines) is 1. The minimum atomic E-state index is -0.204. The molecule has 174 valence electrons. The highest BCUT2D eigenvalue weighted by atomic mass is 16.6. The third-order valence-electron chi connectivity index (χ3n) is 7.24. The van der Waals surface area contributed by atoms with Crippen LogP contribution in [0.15, 0.2) is 36.4 Å². The van der Waals surface area contributed by atoms with Crippen molar-refractivity contribution in [2.45, 2.75) is 32.2 Å². The fraction of sp³-hybridized carbons (Fsp3) is 0.429. The van der Waals surface area contributed by atoms with Crippen LogP contribution in [-0.2, 0) is 0 Å². The maximum atomic E-state index is 13.6. The van der Waals surface area contributed by atoms with E-state index in [9.17, 15) is 9.59 Å². The molecule has 1 saturated heterocycles. The molecule has 0 spiro atoms. The first kappa shape index (κ1) is 21.1. The Morgan fingerprint density at radius 3 is 2.82 bits per heavy atom. The van der Waals surface area contributed by atoms with Crippen molar-refractivity contribution in [3.8, 4) is 23.3 Å². The van der Waals surface area contributed by atoms with Crippen molar-refractivity contribution in [3.63, 3.8) is 0 Å². The van der Waals surface area contributed by atoms with E-state index < -0.39 is 0 Å². The standard InChI is InChI=1S/C28H28N2O4/c1-17-5-10-21(19(13-17)9-8-18-6-7-18)28(32)30-16-20-14-23(20)24(30)15-29-27(31)22-3-2-4-25-26(22)34-12-11-33-25/h2-5,10,13,18,20,23-24H,6-7,11-12,14-16H2,1H3,(H,29,31)/t20-,23-,24-/m1/s1. The minimum absolute atomic E-state index is 0.0105. The fourth-order valence-corrected chi connectivity index (χ4v) is 5.12. The highest BCUT2D eigenvalue weighted by Crippen LogP contribution is 2.49. The number of nitrogens with one attached hydrogen (secondary N) is 1. The van der Waals surface area contributed by atoms with Crippen LogP contribution in [0, 0.1) is 36.5 Å². The van der Waals surface area contributed by atoms with Crippen LogP contribution < -0.4 is 14.8 Å². The molecule has 2 aromatic carbocycles. The summed E-state index contributed by atoms with van der Waals surface area (Å²) >= 11 is 0. The van der Waals surface area contributed by atoms with Crippen molar-refractivity contribution < 1.29 is 19.1 Å². The molecule has 2 aliphatic heterocycles. The molecule has 6 rings (SSSR count). The number of carbonyl (C=O) groups is 2. The predicted octanol–water partition coefficient (Wildman–Crippen LogP) is 3.42. The molecular weight excluding hydrogens is 428 g/mol. The van der Waals surface area contributed by atoms with Gasteiger partial charge in [-0.2, -0.15) is 0 Å². The van der Waals surface area contributed by atoms with Crippen LogP contribution in [0.5, 0.6) is 11.5 Å². The zero-order valence-corrected chi connectivity index (χ0v) is 19.3. The number of hydrogen-bond donors (Lipinski definition) is 1. The predicted molar refractivity (Wildman–Crippen MR) is 127 cm³/mol. The van der Waals surface area contributed by atoms with Crippen LogP contribution in [0.2, 0.25) is 0 Å². The van der Waals surface area contributed by atoms with Gasteiger partial charge in [0.25, 0.3) is 11.8 Å². The SMILES string of the molecule is Cc1ccc(C(=O)N2C[C@H]3C[C@H]3[C@H]2CNC(=O)c2cccc3c2OCCO3)c(C#CC2CC2)c1. The van der Waals surface area contributed by atoms with Gasteiger partial charge in [0.15, 0.2) is 11.5 Å². The van der Waals surface area contributed by atoms with Gasteiger partial charge >= 0.3 is 0 Å². The van der Waals surface area contributed by atoms with Crippen LogP contribution in [0.25, 0.3) is 0 Å². The Kier molecular flexibility index (Phi) is 5.21. The fourth-order valence-electron chi connectivity index (χ4n) is 5.12. The van der Waals surface area contributed by atoms with Gasteiger partial charge in [0.2, 0.25) is 0 Å². The quantitative estimate of drug-likeness (QED) is 0.716. The summed E-state index contributed by atoms with van der Waals surface area (Å²) in [6.45, 7) is 4.09. The molecule has 2 saturated carbocycles. The molecule has 0 radical (unpaired) electrons. The van der Waals surface area contributed by atoms with E-state index >= 15 is 0 Å². The Hall–Kier alpha value is -3.46. The van der Waals surface area contributed by atoms with Crippen LogP contribution in [0.3, 0.4) is 0 Å². The molecule has 1 N–H and O–H groups in total. The van der Waals surface area contributed by atoms with E-state index in [1.165, 1.54) is 0 Å². The molecule has 2 aliphatic carbocycles. The number of rotatable bonds is 4. The Labute approximate surface area is 199 Å². The number of para-hydroxylation sites is 1. The number of ether oxygens (including phenoxy) is 2. The van der Waals surface area contributed by atoms with Crippen molar-refractivity contribution in [2.75, 3.05) is 26.3 Å². The molecule has 6 nitrogen and oxygen atoms in total. The van der Waals surface area contributed by atoms with E-state index in [-0.39, 0.29) is 17.9 Å². The van der Waals surface area contributed by atoms with Gasteiger partial charge in [-0.15, -0.1) is 0 Å². The van der Waals surface area contributed by atoms with E-state index in [0.717, 1.165) is 36.9 Å². The van der Waals surface area contributed by atoms with Gasteiger partial charge in [-0.1, -0.05) is 24.0 Å². The number of aryl methyl sites for hydroxylation is 1. The third kappa shape index (κ3) is 4.00. The number of amides is 2. The minimum Gasteiger partial charge on any atom is -0.486 e. The number of piperidine rings is 1. The second kappa shape index (κ2) is 8.39. The molecule has 3 fully saturated rings. The summed E-state index contributed by atoms with van der Waals surface area (Å²) < 4.78 is 11.3. The molecular formula is C28H28N2O4. The first-order valence-electron chi connectivity index (χ1n) is 12.2. The molecule has 3 atom stereocenters. The lowest BCUT2D eigenvalue weighted by atomic mass is 10.0. The zero-order chi connectivity index (χ0) is 23.2. The first-order valence-corrected chi connectivity index (χ1v) is 12.2. The first-order chi connectivity index (χ1) is 16.6. The van der Waals surface area contributed by atoms with E-state index in [2.05, 4.69) is 17.2 Å². The Morgan fingerprint density at radius 1 is 1.12 bits per heavy atom. The number of fused-ring (bicyclic) bond motifs is 2. The Bertz CT molecular complexity index is 1220. The van der Waals surface area contributed by atoms with Gasteiger partial charge in [-0.3, -0.25) is 9.59 Å². The van der Waals surface area contributed by atoms with Gasteiger partial charge in [0, 0.05) is 24.6 Å². The monoisotopic (exact) mass is 456 g/mol. The van der Waals surface area contributed by atoms with E-state index in [4.69, 9.17) is 9.47 Å². The summed E-state index contributed by atoms with van der Waals surface area (Å²) in [6, 6.07) is 11.2. The molecule has 2 aromatic rings. The lowest BCUT2D eigenvalue weighted by molar-refractivity contribution is 0.0694. The molecule has 6 heteroatoms. The summed E-state index contributed by atoms with van der Waals surface area (Å²) in [5, 5.41) is 3.06. The van der Waals surface area contributed by atoms with Gasteiger partial charge in [-0.25, -0.2) is 0 Å². The maximum Gasteiger partial charge on any atom is 0.255 e. The smallest absolute Gasteiger partial charge is 0.255 e. The second-order valence-electron chi connectivity index (χ2n) is 9.82. The van der Waals surface area contributed by atoms with Gasteiger partial charge in [0.1, 0.15) is 13.2 Å². The largest absolute Gasteiger partial charge is 0.486 e. The van der Waals surface area contributed by atoms with Gasteiger partial charge in [0.05, 0.1) is 17.2 Å². The average Bonchev–Trinajstić information content (AvgIpc) is 3.79. The van der Waals surface area contributed by atoms with E-state index in [1.54, 1.807) is 12.1 Å². The lowest BCUT2D eigenvalue weighted by Gasteiger charge is -2.28. The van der Waals surface area contributed by atoms with Crippen LogP contribution >= 0.6 is 0 Å². The molecule has 0 unspecified atom stereocenters. The Morgan fingerprint density at radius 2 is 1.97 bits per heavy atom. The highest BCUT2D eigenvalue weighted by Gasteiger charge is 2.54. The summed E-state index contributed by atoms with van der Waals surface area (Å²) in [4.78, 5) is 28.6. The number of benzene rings is 2. The molecule has 0 bridgehead atoms. The zero-order valence-electron chi connectivity index (χ0n) is 19.3. The van der Waals surface area contributed by atoms with Crippen LogP contribution in [0.1, 0.15) is 51.1 Å². The van der Waals surface area contributed by atoms with Crippen molar-refractivity contribution in [3.05, 3.63) is 58.7 Å². The topological polar surface area (TPSA) is 67.9 Å². The van der Waals surface area contributed by atoms with E-state index in [1.807, 2.05) is 36.1 Å². The summed E-state index contributed by atoms with van der Waals surface area (Å²) in [5.74, 6) is 8.91. The highest BCUT2D eigenvalue weighted by molar-refractivity contribution is 5.99. The Balaban J connectivity index is 1.19. The second-order valence-corrected chi connectivity index (χ2v) is 9.82. The summed E-state index contributed by atoms with van der Waals surface area (Å²) in [5.41, 5.74) is 3.05. The molecule has 34 heavy (non-hydrogen) atoms. The van der Waals surface area contributed by atoms with Crippen LogP contribution in [0.4, 0.5) is 0 Å². The molecule has 4 aliphatic rings. The number of carbonyl (C=O) groups excluding carboxylic acids is 2. The van der Waals surface area contributed by atoms with Crippen molar-refractivity contribution in [1.29, 1.82) is 0 Å². The van der Waals surface area contributed by atoms with Crippen molar-refractivity contribution in [2.24, 2.45) is 17.8 Å². The normalized spacial score (nSPS) is 24.0. The van der Waals surface area contributed by atoms with Gasteiger partial charge in [-0.05, 0) is 67.9 Å². The van der Waals surface area contributed by atoms with Crippen molar-refractivity contribution in [1.82, 2.24) is 10.2 Å².